The summed E-state index contributed by atoms with van der Waals surface area (Å²) in [7, 11) is -0.524. The standard InChI is InChI=1S/C17H24BFO3/c1-16(2)17(3,4)22-18(21-16)14-8-13(9-15(19)10-14)12-6-5-7-20-11-12/h8-10,12H,5-7,11H2,1-4H3. The molecule has 0 N–H and O–H groups in total. The third-order valence-corrected chi connectivity index (χ3v) is 5.10. The molecule has 0 aromatic heterocycles. The predicted molar refractivity (Wildman–Crippen MR) is 84.9 cm³/mol. The Morgan fingerprint density at radius 3 is 2.36 bits per heavy atom. The summed E-state index contributed by atoms with van der Waals surface area (Å²) in [6, 6.07) is 5.12. The maximum atomic E-state index is 14.1. The van der Waals surface area contributed by atoms with Crippen LogP contribution in [0.4, 0.5) is 4.39 Å². The summed E-state index contributed by atoms with van der Waals surface area (Å²) >= 11 is 0. The van der Waals surface area contributed by atoms with Gasteiger partial charge in [0.15, 0.2) is 0 Å². The van der Waals surface area contributed by atoms with E-state index in [1.807, 2.05) is 33.8 Å². The maximum absolute atomic E-state index is 14.1. The van der Waals surface area contributed by atoms with E-state index in [1.54, 1.807) is 6.07 Å². The van der Waals surface area contributed by atoms with Crippen LogP contribution in [0.1, 0.15) is 52.0 Å². The van der Waals surface area contributed by atoms with Crippen molar-refractivity contribution in [2.24, 2.45) is 0 Å². The van der Waals surface area contributed by atoms with E-state index in [2.05, 4.69) is 0 Å². The molecule has 120 valence electrons. The third kappa shape index (κ3) is 2.94. The van der Waals surface area contributed by atoms with Crippen LogP contribution in [0.2, 0.25) is 0 Å². The summed E-state index contributed by atoms with van der Waals surface area (Å²) in [6.07, 6.45) is 2.05. The lowest BCUT2D eigenvalue weighted by Crippen LogP contribution is -2.41. The molecule has 0 bridgehead atoms. The Morgan fingerprint density at radius 1 is 1.09 bits per heavy atom. The van der Waals surface area contributed by atoms with Crippen LogP contribution >= 0.6 is 0 Å². The lowest BCUT2D eigenvalue weighted by Gasteiger charge is -2.32. The molecule has 3 rings (SSSR count). The smallest absolute Gasteiger partial charge is 0.399 e. The van der Waals surface area contributed by atoms with E-state index in [-0.39, 0.29) is 11.7 Å². The molecular formula is C17H24BFO3. The Morgan fingerprint density at radius 2 is 1.77 bits per heavy atom. The molecule has 1 atom stereocenters. The second-order valence-electron chi connectivity index (χ2n) is 7.32. The molecule has 1 aromatic rings. The van der Waals surface area contributed by atoms with Gasteiger partial charge in [-0.3, -0.25) is 0 Å². The summed E-state index contributed by atoms with van der Waals surface area (Å²) in [6.45, 7) is 9.47. The molecule has 0 spiro atoms. The van der Waals surface area contributed by atoms with E-state index in [9.17, 15) is 4.39 Å². The van der Waals surface area contributed by atoms with Gasteiger partial charge in [-0.1, -0.05) is 6.07 Å². The van der Waals surface area contributed by atoms with Crippen LogP contribution in [0.5, 0.6) is 0 Å². The van der Waals surface area contributed by atoms with Gasteiger partial charge in [-0.15, -0.1) is 0 Å². The third-order valence-electron chi connectivity index (χ3n) is 5.10. The van der Waals surface area contributed by atoms with Crippen molar-refractivity contribution in [3.8, 4) is 0 Å². The maximum Gasteiger partial charge on any atom is 0.494 e. The highest BCUT2D eigenvalue weighted by atomic mass is 19.1. The topological polar surface area (TPSA) is 27.7 Å². The van der Waals surface area contributed by atoms with Crippen molar-refractivity contribution in [1.29, 1.82) is 0 Å². The van der Waals surface area contributed by atoms with Crippen molar-refractivity contribution < 1.29 is 18.4 Å². The second-order valence-corrected chi connectivity index (χ2v) is 7.32. The highest BCUT2D eigenvalue weighted by Gasteiger charge is 2.51. The van der Waals surface area contributed by atoms with Gasteiger partial charge in [-0.2, -0.15) is 0 Å². The van der Waals surface area contributed by atoms with E-state index >= 15 is 0 Å². The fourth-order valence-corrected chi connectivity index (χ4v) is 2.99. The Balaban J connectivity index is 1.87. The van der Waals surface area contributed by atoms with Crippen molar-refractivity contribution in [2.75, 3.05) is 13.2 Å². The molecule has 2 aliphatic heterocycles. The van der Waals surface area contributed by atoms with Crippen molar-refractivity contribution in [3.05, 3.63) is 29.6 Å². The molecule has 2 aliphatic rings. The zero-order valence-corrected chi connectivity index (χ0v) is 13.8. The van der Waals surface area contributed by atoms with Gasteiger partial charge < -0.3 is 14.0 Å². The van der Waals surface area contributed by atoms with Crippen LogP contribution in [-0.2, 0) is 14.0 Å². The molecule has 1 unspecified atom stereocenters. The number of benzene rings is 1. The Bertz CT molecular complexity index is 537. The normalized spacial score (nSPS) is 27.1. The lowest BCUT2D eigenvalue weighted by atomic mass is 9.77. The molecule has 1 aromatic carbocycles. The average molecular weight is 306 g/mol. The Kier molecular flexibility index (Phi) is 4.08. The summed E-state index contributed by atoms with van der Waals surface area (Å²) in [4.78, 5) is 0. The minimum Gasteiger partial charge on any atom is -0.399 e. The molecule has 2 heterocycles. The van der Waals surface area contributed by atoms with Gasteiger partial charge in [0.05, 0.1) is 17.8 Å². The summed E-state index contributed by atoms with van der Waals surface area (Å²) in [5, 5.41) is 0. The SMILES string of the molecule is CC1(C)OB(c2cc(F)cc(C3CCCOC3)c2)OC1(C)C. The van der Waals surface area contributed by atoms with Gasteiger partial charge in [0.2, 0.25) is 0 Å². The van der Waals surface area contributed by atoms with Crippen LogP contribution in [0, 0.1) is 5.82 Å². The first-order valence-corrected chi connectivity index (χ1v) is 8.02. The van der Waals surface area contributed by atoms with E-state index < -0.39 is 18.3 Å². The summed E-state index contributed by atoms with van der Waals surface area (Å²) < 4.78 is 31.6. The van der Waals surface area contributed by atoms with Gasteiger partial charge >= 0.3 is 7.12 Å². The summed E-state index contributed by atoms with van der Waals surface area (Å²) in [5.41, 5.74) is 0.888. The number of halogens is 1. The van der Waals surface area contributed by atoms with Gasteiger partial charge in [0.1, 0.15) is 5.82 Å². The van der Waals surface area contributed by atoms with Crippen molar-refractivity contribution in [3.63, 3.8) is 0 Å². The molecule has 0 aliphatic carbocycles. The first kappa shape index (κ1) is 16.0. The highest BCUT2D eigenvalue weighted by Crippen LogP contribution is 2.36. The van der Waals surface area contributed by atoms with Gasteiger partial charge in [-0.05, 0) is 63.7 Å². The minimum atomic E-state index is -0.524. The molecule has 0 saturated carbocycles. The monoisotopic (exact) mass is 306 g/mol. The lowest BCUT2D eigenvalue weighted by molar-refractivity contribution is 0.00578. The van der Waals surface area contributed by atoms with Gasteiger partial charge in [0, 0.05) is 12.5 Å². The molecule has 5 heteroatoms. The van der Waals surface area contributed by atoms with Crippen molar-refractivity contribution >= 4 is 12.6 Å². The van der Waals surface area contributed by atoms with Crippen LogP contribution in [0.25, 0.3) is 0 Å². The predicted octanol–water partition coefficient (Wildman–Crippen LogP) is 3.02. The number of hydrogen-bond acceptors (Lipinski definition) is 3. The quantitative estimate of drug-likeness (QED) is 0.786. The van der Waals surface area contributed by atoms with E-state index in [0.717, 1.165) is 30.5 Å². The molecular weight excluding hydrogens is 282 g/mol. The Hall–Kier alpha value is -0.905. The molecule has 0 amide bonds. The largest absolute Gasteiger partial charge is 0.494 e. The van der Waals surface area contributed by atoms with Crippen molar-refractivity contribution in [1.82, 2.24) is 0 Å². The van der Waals surface area contributed by atoms with E-state index in [4.69, 9.17) is 14.0 Å². The van der Waals surface area contributed by atoms with E-state index in [1.165, 1.54) is 6.07 Å². The number of ether oxygens (including phenoxy) is 1. The first-order chi connectivity index (χ1) is 10.3. The van der Waals surface area contributed by atoms with Gasteiger partial charge in [0.25, 0.3) is 0 Å². The minimum absolute atomic E-state index is 0.243. The fraction of sp³-hybridized carbons (Fsp3) is 0.647. The first-order valence-electron chi connectivity index (χ1n) is 8.02. The van der Waals surface area contributed by atoms with E-state index in [0.29, 0.717) is 6.61 Å². The van der Waals surface area contributed by atoms with Crippen LogP contribution in [0.15, 0.2) is 18.2 Å². The molecule has 22 heavy (non-hydrogen) atoms. The zero-order chi connectivity index (χ0) is 16.0. The van der Waals surface area contributed by atoms with Crippen molar-refractivity contribution in [2.45, 2.75) is 57.7 Å². The Labute approximate surface area is 132 Å². The second kappa shape index (κ2) is 5.62. The molecule has 3 nitrogen and oxygen atoms in total. The number of hydrogen-bond donors (Lipinski definition) is 0. The number of rotatable bonds is 2. The highest BCUT2D eigenvalue weighted by molar-refractivity contribution is 6.62. The van der Waals surface area contributed by atoms with Crippen LogP contribution in [-0.4, -0.2) is 31.5 Å². The van der Waals surface area contributed by atoms with Crippen LogP contribution < -0.4 is 5.46 Å². The average Bonchev–Trinajstić information content (AvgIpc) is 2.68. The zero-order valence-electron chi connectivity index (χ0n) is 13.8. The fourth-order valence-electron chi connectivity index (χ4n) is 2.99. The molecule has 2 saturated heterocycles. The molecule has 2 fully saturated rings. The van der Waals surface area contributed by atoms with Gasteiger partial charge in [-0.25, -0.2) is 4.39 Å². The van der Waals surface area contributed by atoms with Crippen LogP contribution in [0.3, 0.4) is 0 Å². The summed E-state index contributed by atoms with van der Waals surface area (Å²) in [5.74, 6) is 0.0124. The molecule has 0 radical (unpaired) electrons.